The average molecular weight is 245 g/mol. The second-order valence-electron chi connectivity index (χ2n) is 4.66. The van der Waals surface area contributed by atoms with Gasteiger partial charge in [-0.1, -0.05) is 13.8 Å². The van der Waals surface area contributed by atoms with E-state index in [0.717, 1.165) is 23.5 Å². The Kier molecular flexibility index (Phi) is 3.72. The van der Waals surface area contributed by atoms with Crippen molar-refractivity contribution in [3.05, 3.63) is 29.7 Å². The van der Waals surface area contributed by atoms with Crippen molar-refractivity contribution in [2.45, 2.75) is 26.3 Å². The van der Waals surface area contributed by atoms with Gasteiger partial charge in [-0.2, -0.15) is 5.10 Å². The molecule has 0 unspecified atom stereocenters. The molecule has 2 aromatic rings. The van der Waals surface area contributed by atoms with Crippen LogP contribution in [0.5, 0.6) is 0 Å². The number of nitrogens with one attached hydrogen (secondary N) is 1. The second kappa shape index (κ2) is 5.27. The van der Waals surface area contributed by atoms with Crippen LogP contribution in [0.1, 0.15) is 31.0 Å². The van der Waals surface area contributed by atoms with Crippen LogP contribution in [0.4, 0.5) is 0 Å². The van der Waals surface area contributed by atoms with Crippen LogP contribution in [0, 0.1) is 0 Å². The molecule has 0 spiro atoms. The number of aryl methyl sites for hydroxylation is 1. The largest absolute Gasteiger partial charge is 0.316 e. The molecule has 2 heterocycles. The smallest absolute Gasteiger partial charge is 0.180 e. The second-order valence-corrected chi connectivity index (χ2v) is 4.66. The zero-order chi connectivity index (χ0) is 13.1. The Morgan fingerprint density at radius 3 is 2.72 bits per heavy atom. The minimum absolute atomic E-state index is 0.374. The molecule has 0 saturated heterocycles. The van der Waals surface area contributed by atoms with Gasteiger partial charge >= 0.3 is 0 Å². The number of aromatic nitrogens is 4. The molecular formula is C13H19N5. The lowest BCUT2D eigenvalue weighted by Crippen LogP contribution is -2.11. The van der Waals surface area contributed by atoms with Crippen molar-refractivity contribution in [2.75, 3.05) is 7.05 Å². The Labute approximate surface area is 107 Å². The average Bonchev–Trinajstić information content (AvgIpc) is 2.76. The Morgan fingerprint density at radius 2 is 2.17 bits per heavy atom. The molecule has 2 aromatic heterocycles. The lowest BCUT2D eigenvalue weighted by Gasteiger charge is -2.11. The van der Waals surface area contributed by atoms with E-state index in [4.69, 9.17) is 0 Å². The first-order chi connectivity index (χ1) is 8.61. The fourth-order valence-electron chi connectivity index (χ4n) is 1.90. The first kappa shape index (κ1) is 12.7. The highest BCUT2D eigenvalue weighted by Crippen LogP contribution is 2.20. The van der Waals surface area contributed by atoms with Crippen LogP contribution >= 0.6 is 0 Å². The highest BCUT2D eigenvalue weighted by molar-refractivity contribution is 5.48. The van der Waals surface area contributed by atoms with Crippen LogP contribution in [0.2, 0.25) is 0 Å². The van der Waals surface area contributed by atoms with E-state index in [0.29, 0.717) is 11.7 Å². The molecule has 5 nitrogen and oxygen atoms in total. The Balaban J connectivity index is 2.42. The molecule has 0 aliphatic heterocycles. The Hall–Kier alpha value is -1.75. The SMILES string of the molecule is CNCc1cnc(-c2ccn(C)n2)nc1C(C)C. The zero-order valence-electron chi connectivity index (χ0n) is 11.3. The maximum atomic E-state index is 4.65. The summed E-state index contributed by atoms with van der Waals surface area (Å²) >= 11 is 0. The third-order valence-corrected chi connectivity index (χ3v) is 2.75. The minimum Gasteiger partial charge on any atom is -0.316 e. The van der Waals surface area contributed by atoms with Crippen molar-refractivity contribution in [3.8, 4) is 11.5 Å². The summed E-state index contributed by atoms with van der Waals surface area (Å²) < 4.78 is 1.76. The Morgan fingerprint density at radius 1 is 1.39 bits per heavy atom. The van der Waals surface area contributed by atoms with Crippen LogP contribution in [0.25, 0.3) is 11.5 Å². The molecule has 0 atom stereocenters. The predicted octanol–water partition coefficient (Wildman–Crippen LogP) is 1.72. The molecular weight excluding hydrogens is 226 g/mol. The van der Waals surface area contributed by atoms with Gasteiger partial charge in [0.25, 0.3) is 0 Å². The summed E-state index contributed by atoms with van der Waals surface area (Å²) in [4.78, 5) is 9.04. The molecule has 0 amide bonds. The number of nitrogens with zero attached hydrogens (tertiary/aromatic N) is 4. The van der Waals surface area contributed by atoms with Crippen LogP contribution in [0.15, 0.2) is 18.5 Å². The monoisotopic (exact) mass is 245 g/mol. The van der Waals surface area contributed by atoms with Crippen LogP contribution in [-0.2, 0) is 13.6 Å². The molecule has 5 heteroatoms. The third-order valence-electron chi connectivity index (χ3n) is 2.75. The molecule has 1 N–H and O–H groups in total. The summed E-state index contributed by atoms with van der Waals surface area (Å²) in [7, 11) is 3.82. The number of rotatable bonds is 4. The molecule has 0 bridgehead atoms. The fraction of sp³-hybridized carbons (Fsp3) is 0.462. The molecule has 96 valence electrons. The summed E-state index contributed by atoms with van der Waals surface area (Å²) in [5, 5.41) is 7.48. The standard InChI is InChI=1S/C13H19N5/c1-9(2)12-10(7-14-3)8-15-13(16-12)11-5-6-18(4)17-11/h5-6,8-9,14H,7H2,1-4H3. The van der Waals surface area contributed by atoms with Crippen molar-refractivity contribution in [2.24, 2.45) is 7.05 Å². The summed E-state index contributed by atoms with van der Waals surface area (Å²) in [5.74, 6) is 1.07. The maximum Gasteiger partial charge on any atom is 0.180 e. The molecule has 0 fully saturated rings. The molecule has 2 rings (SSSR count). The molecule has 0 aliphatic rings. The summed E-state index contributed by atoms with van der Waals surface area (Å²) in [5.41, 5.74) is 3.04. The van der Waals surface area contributed by atoms with Gasteiger partial charge in [0.15, 0.2) is 5.82 Å². The highest BCUT2D eigenvalue weighted by atomic mass is 15.3. The van der Waals surface area contributed by atoms with Gasteiger partial charge in [0, 0.05) is 31.5 Å². The van der Waals surface area contributed by atoms with Crippen molar-refractivity contribution in [3.63, 3.8) is 0 Å². The van der Waals surface area contributed by atoms with E-state index in [2.05, 4.69) is 34.2 Å². The Bertz CT molecular complexity index is 530. The fourth-order valence-corrected chi connectivity index (χ4v) is 1.90. The molecule has 0 aromatic carbocycles. The van der Waals surface area contributed by atoms with Crippen molar-refractivity contribution < 1.29 is 0 Å². The van der Waals surface area contributed by atoms with Gasteiger partial charge in [0.2, 0.25) is 0 Å². The lowest BCUT2D eigenvalue weighted by molar-refractivity contribution is 0.738. The van der Waals surface area contributed by atoms with Gasteiger partial charge in [0.1, 0.15) is 5.69 Å². The molecule has 0 aliphatic carbocycles. The van der Waals surface area contributed by atoms with Crippen molar-refractivity contribution in [1.82, 2.24) is 25.1 Å². The van der Waals surface area contributed by atoms with Crippen LogP contribution < -0.4 is 5.32 Å². The van der Waals surface area contributed by atoms with E-state index in [1.165, 1.54) is 0 Å². The first-order valence-corrected chi connectivity index (χ1v) is 6.12. The molecule has 0 saturated carbocycles. The van der Waals surface area contributed by atoms with Gasteiger partial charge in [-0.15, -0.1) is 0 Å². The van der Waals surface area contributed by atoms with E-state index in [1.54, 1.807) is 4.68 Å². The topological polar surface area (TPSA) is 55.6 Å². The van der Waals surface area contributed by atoms with Crippen LogP contribution in [-0.4, -0.2) is 26.8 Å². The quantitative estimate of drug-likeness (QED) is 0.891. The minimum atomic E-state index is 0.374. The van der Waals surface area contributed by atoms with Gasteiger partial charge < -0.3 is 5.32 Å². The molecule has 0 radical (unpaired) electrons. The number of hydrogen-bond acceptors (Lipinski definition) is 4. The summed E-state index contributed by atoms with van der Waals surface area (Å²) in [6.07, 6.45) is 3.79. The molecule has 18 heavy (non-hydrogen) atoms. The summed E-state index contributed by atoms with van der Waals surface area (Å²) in [6, 6.07) is 1.93. The van der Waals surface area contributed by atoms with E-state index >= 15 is 0 Å². The van der Waals surface area contributed by atoms with Crippen molar-refractivity contribution in [1.29, 1.82) is 0 Å². The lowest BCUT2D eigenvalue weighted by atomic mass is 10.1. The van der Waals surface area contributed by atoms with Gasteiger partial charge in [-0.25, -0.2) is 9.97 Å². The van der Waals surface area contributed by atoms with E-state index in [-0.39, 0.29) is 0 Å². The first-order valence-electron chi connectivity index (χ1n) is 6.12. The van der Waals surface area contributed by atoms with Gasteiger partial charge in [-0.05, 0) is 19.0 Å². The van der Waals surface area contributed by atoms with Crippen molar-refractivity contribution >= 4 is 0 Å². The third kappa shape index (κ3) is 2.56. The number of hydrogen-bond donors (Lipinski definition) is 1. The van der Waals surface area contributed by atoms with Crippen LogP contribution in [0.3, 0.4) is 0 Å². The predicted molar refractivity (Wildman–Crippen MR) is 71.1 cm³/mol. The maximum absolute atomic E-state index is 4.65. The normalized spacial score (nSPS) is 11.2. The van der Waals surface area contributed by atoms with E-state index in [1.807, 2.05) is 32.6 Å². The van der Waals surface area contributed by atoms with E-state index < -0.39 is 0 Å². The van der Waals surface area contributed by atoms with Gasteiger partial charge in [0.05, 0.1) is 5.69 Å². The zero-order valence-corrected chi connectivity index (χ0v) is 11.3. The summed E-state index contributed by atoms with van der Waals surface area (Å²) in [6.45, 7) is 5.07. The van der Waals surface area contributed by atoms with E-state index in [9.17, 15) is 0 Å². The van der Waals surface area contributed by atoms with Gasteiger partial charge in [-0.3, -0.25) is 4.68 Å². The highest BCUT2D eigenvalue weighted by Gasteiger charge is 2.12.